The molecule has 1 aromatic carbocycles. The van der Waals surface area contributed by atoms with Crippen molar-refractivity contribution in [2.45, 2.75) is 25.3 Å². The highest BCUT2D eigenvalue weighted by molar-refractivity contribution is 5.49. The number of halogens is 1. The number of benzene rings is 1. The predicted octanol–water partition coefficient (Wildman–Crippen LogP) is 1.74. The monoisotopic (exact) mass is 193 g/mol. The van der Waals surface area contributed by atoms with Gasteiger partial charge in [-0.25, -0.2) is 4.39 Å². The van der Waals surface area contributed by atoms with Crippen LogP contribution in [0.2, 0.25) is 0 Å². The molecular formula is C11H12FNO. The van der Waals surface area contributed by atoms with Crippen molar-refractivity contribution in [3.8, 4) is 0 Å². The third kappa shape index (κ3) is 1.62. The van der Waals surface area contributed by atoms with Gasteiger partial charge < -0.3 is 5.32 Å². The van der Waals surface area contributed by atoms with E-state index in [1.807, 2.05) is 6.07 Å². The molecule has 1 fully saturated rings. The van der Waals surface area contributed by atoms with E-state index >= 15 is 0 Å². The molecule has 0 bridgehead atoms. The Morgan fingerprint density at radius 3 is 3.00 bits per heavy atom. The zero-order valence-corrected chi connectivity index (χ0v) is 7.96. The lowest BCUT2D eigenvalue weighted by molar-refractivity contribution is -0.109. The topological polar surface area (TPSA) is 29.1 Å². The minimum absolute atomic E-state index is 0.172. The Balaban J connectivity index is 2.12. The van der Waals surface area contributed by atoms with Gasteiger partial charge in [0.25, 0.3) is 0 Å². The molecule has 74 valence electrons. The third-order valence-electron chi connectivity index (χ3n) is 2.68. The van der Waals surface area contributed by atoms with Crippen molar-refractivity contribution in [2.75, 3.05) is 0 Å². The van der Waals surface area contributed by atoms with Gasteiger partial charge >= 0.3 is 0 Å². The smallest absolute Gasteiger partial charge is 0.207 e. The van der Waals surface area contributed by atoms with Crippen molar-refractivity contribution in [1.29, 1.82) is 0 Å². The van der Waals surface area contributed by atoms with Gasteiger partial charge in [0.2, 0.25) is 6.41 Å². The maximum absolute atomic E-state index is 13.0. The van der Waals surface area contributed by atoms with E-state index in [1.165, 1.54) is 6.07 Å². The van der Waals surface area contributed by atoms with E-state index in [9.17, 15) is 9.18 Å². The first kappa shape index (κ1) is 9.19. The summed E-state index contributed by atoms with van der Waals surface area (Å²) in [5.74, 6) is 0.203. The van der Waals surface area contributed by atoms with E-state index in [1.54, 1.807) is 13.0 Å². The molecule has 1 saturated carbocycles. The first-order valence-corrected chi connectivity index (χ1v) is 4.68. The zero-order chi connectivity index (χ0) is 10.1. The van der Waals surface area contributed by atoms with Crippen LogP contribution in [0, 0.1) is 12.7 Å². The molecule has 14 heavy (non-hydrogen) atoms. The van der Waals surface area contributed by atoms with E-state index in [2.05, 4.69) is 5.32 Å². The van der Waals surface area contributed by atoms with Crippen LogP contribution >= 0.6 is 0 Å². The second-order valence-corrected chi connectivity index (χ2v) is 3.74. The summed E-state index contributed by atoms with van der Waals surface area (Å²) in [6, 6.07) is 5.38. The molecule has 1 amide bonds. The minimum atomic E-state index is -0.172. The van der Waals surface area contributed by atoms with Crippen molar-refractivity contribution < 1.29 is 9.18 Å². The Kier molecular flexibility index (Phi) is 2.23. The maximum Gasteiger partial charge on any atom is 0.207 e. The summed E-state index contributed by atoms with van der Waals surface area (Å²) in [6.45, 7) is 1.75. The zero-order valence-electron chi connectivity index (χ0n) is 7.96. The van der Waals surface area contributed by atoms with Gasteiger partial charge in [0.05, 0.1) is 0 Å². The lowest BCUT2D eigenvalue weighted by Gasteiger charge is -2.02. The van der Waals surface area contributed by atoms with Crippen LogP contribution in [0.25, 0.3) is 0 Å². The molecule has 0 aromatic heterocycles. The number of carbonyl (C=O) groups excluding carboxylic acids is 1. The highest BCUT2D eigenvalue weighted by Gasteiger charge is 2.38. The van der Waals surface area contributed by atoms with Gasteiger partial charge in [0.15, 0.2) is 0 Å². The van der Waals surface area contributed by atoms with Gasteiger partial charge in [-0.05, 0) is 30.5 Å². The number of aryl methyl sites for hydroxylation is 1. The van der Waals surface area contributed by atoms with E-state index < -0.39 is 0 Å². The number of hydrogen-bond acceptors (Lipinski definition) is 1. The highest BCUT2D eigenvalue weighted by Crippen LogP contribution is 2.40. The molecule has 0 radical (unpaired) electrons. The van der Waals surface area contributed by atoms with E-state index in [0.717, 1.165) is 18.4 Å². The van der Waals surface area contributed by atoms with Gasteiger partial charge in [-0.3, -0.25) is 4.79 Å². The second kappa shape index (κ2) is 3.40. The first-order chi connectivity index (χ1) is 6.72. The van der Waals surface area contributed by atoms with Crippen LogP contribution in [0.15, 0.2) is 18.2 Å². The van der Waals surface area contributed by atoms with Gasteiger partial charge in [-0.1, -0.05) is 12.1 Å². The van der Waals surface area contributed by atoms with Crippen molar-refractivity contribution in [3.63, 3.8) is 0 Å². The molecule has 2 nitrogen and oxygen atoms in total. The standard InChI is InChI=1S/C11H12FNO/c1-7-4-8(2-3-10(7)12)9-5-11(9)13-6-14/h2-4,6,9,11H,5H2,1H3,(H,13,14). The summed E-state index contributed by atoms with van der Waals surface area (Å²) < 4.78 is 13.0. The summed E-state index contributed by atoms with van der Waals surface area (Å²) >= 11 is 0. The average Bonchev–Trinajstić information content (AvgIpc) is 2.90. The summed E-state index contributed by atoms with van der Waals surface area (Å²) in [6.07, 6.45) is 1.69. The fourth-order valence-electron chi connectivity index (χ4n) is 1.73. The molecule has 2 atom stereocenters. The predicted molar refractivity (Wildman–Crippen MR) is 51.5 cm³/mol. The summed E-state index contributed by atoms with van der Waals surface area (Å²) in [5, 5.41) is 2.73. The lowest BCUT2D eigenvalue weighted by atomic mass is 10.1. The van der Waals surface area contributed by atoms with Crippen molar-refractivity contribution in [1.82, 2.24) is 5.32 Å². The molecule has 0 spiro atoms. The molecule has 3 heteroatoms. The van der Waals surface area contributed by atoms with Gasteiger partial charge in [0, 0.05) is 12.0 Å². The average molecular weight is 193 g/mol. The maximum atomic E-state index is 13.0. The number of amides is 1. The van der Waals surface area contributed by atoms with E-state index in [0.29, 0.717) is 11.5 Å². The number of rotatable bonds is 3. The Morgan fingerprint density at radius 1 is 1.57 bits per heavy atom. The van der Waals surface area contributed by atoms with Crippen LogP contribution in [0.4, 0.5) is 4.39 Å². The van der Waals surface area contributed by atoms with Crippen LogP contribution < -0.4 is 5.32 Å². The van der Waals surface area contributed by atoms with Gasteiger partial charge in [0.1, 0.15) is 5.82 Å². The van der Waals surface area contributed by atoms with Crippen LogP contribution in [0.1, 0.15) is 23.5 Å². The van der Waals surface area contributed by atoms with Crippen molar-refractivity contribution in [3.05, 3.63) is 35.1 Å². The molecule has 2 unspecified atom stereocenters. The minimum Gasteiger partial charge on any atom is -0.355 e. The molecule has 2 rings (SSSR count). The van der Waals surface area contributed by atoms with E-state index in [4.69, 9.17) is 0 Å². The Bertz CT molecular complexity index is 364. The van der Waals surface area contributed by atoms with Crippen LogP contribution in [-0.2, 0) is 4.79 Å². The van der Waals surface area contributed by atoms with Crippen molar-refractivity contribution in [2.24, 2.45) is 0 Å². The van der Waals surface area contributed by atoms with Crippen LogP contribution in [0.3, 0.4) is 0 Å². The molecule has 0 heterocycles. The summed E-state index contributed by atoms with van der Waals surface area (Å²) in [7, 11) is 0. The third-order valence-corrected chi connectivity index (χ3v) is 2.68. The Hall–Kier alpha value is -1.38. The Morgan fingerprint density at radius 2 is 2.36 bits per heavy atom. The summed E-state index contributed by atoms with van der Waals surface area (Å²) in [5.41, 5.74) is 1.78. The number of hydrogen-bond donors (Lipinski definition) is 1. The normalized spacial score (nSPS) is 24.4. The molecule has 0 aliphatic heterocycles. The quantitative estimate of drug-likeness (QED) is 0.728. The Labute approximate surface area is 82.1 Å². The largest absolute Gasteiger partial charge is 0.355 e. The number of nitrogens with one attached hydrogen (secondary N) is 1. The summed E-state index contributed by atoms with van der Waals surface area (Å²) in [4.78, 5) is 10.2. The van der Waals surface area contributed by atoms with Crippen LogP contribution in [0.5, 0.6) is 0 Å². The van der Waals surface area contributed by atoms with Gasteiger partial charge in [-0.15, -0.1) is 0 Å². The highest BCUT2D eigenvalue weighted by atomic mass is 19.1. The SMILES string of the molecule is Cc1cc(C2CC2NC=O)ccc1F. The second-order valence-electron chi connectivity index (χ2n) is 3.74. The molecular weight excluding hydrogens is 181 g/mol. The number of carbonyl (C=O) groups is 1. The molecule has 1 N–H and O–H groups in total. The molecule has 0 saturated heterocycles. The van der Waals surface area contributed by atoms with Crippen molar-refractivity contribution >= 4 is 6.41 Å². The van der Waals surface area contributed by atoms with Crippen LogP contribution in [-0.4, -0.2) is 12.5 Å². The molecule has 1 aromatic rings. The van der Waals surface area contributed by atoms with Gasteiger partial charge in [-0.2, -0.15) is 0 Å². The molecule has 1 aliphatic rings. The lowest BCUT2D eigenvalue weighted by Crippen LogP contribution is -2.14. The molecule has 1 aliphatic carbocycles. The fourth-order valence-corrected chi connectivity index (χ4v) is 1.73. The first-order valence-electron chi connectivity index (χ1n) is 4.68. The van der Waals surface area contributed by atoms with E-state index in [-0.39, 0.29) is 11.9 Å². The fraction of sp³-hybridized carbons (Fsp3) is 0.364.